The summed E-state index contributed by atoms with van der Waals surface area (Å²) in [5.74, 6) is 3.56. The molecule has 0 spiro atoms. The van der Waals surface area contributed by atoms with E-state index in [1.165, 1.54) is 0 Å². The minimum absolute atomic E-state index is 0.612. The molecule has 0 unspecified atom stereocenters. The molecule has 40 heavy (non-hydrogen) atoms. The van der Waals surface area contributed by atoms with Gasteiger partial charge in [0.2, 0.25) is 5.75 Å². The Kier molecular flexibility index (Phi) is 12.5. The molecule has 0 aromatic heterocycles. The monoisotopic (exact) mass is 546 g/mol. The van der Waals surface area contributed by atoms with Crippen molar-refractivity contribution in [2.75, 3.05) is 48.8 Å². The molecule has 0 aliphatic heterocycles. The number of rotatable bonds is 16. The molecule has 6 nitrogen and oxygen atoms in total. The lowest BCUT2D eigenvalue weighted by Crippen LogP contribution is -2.02. The summed E-state index contributed by atoms with van der Waals surface area (Å²) in [6.07, 6.45) is 12.5. The fourth-order valence-electron chi connectivity index (χ4n) is 4.32. The summed E-state index contributed by atoms with van der Waals surface area (Å²) in [5, 5.41) is 0. The van der Waals surface area contributed by atoms with Crippen LogP contribution in [0.2, 0.25) is 0 Å². The first kappa shape index (κ1) is 30.6. The number of hydrogen-bond donors (Lipinski definition) is 0. The maximum Gasteiger partial charge on any atom is 0.203 e. The van der Waals surface area contributed by atoms with Gasteiger partial charge in [-0.05, 0) is 72.7 Å². The Bertz CT molecular complexity index is 1210. The van der Waals surface area contributed by atoms with Crippen LogP contribution in [0.1, 0.15) is 53.5 Å². The van der Waals surface area contributed by atoms with Crippen LogP contribution in [0.25, 0.3) is 24.3 Å². The molecule has 3 aromatic carbocycles. The molecular formula is C34H42O6. The van der Waals surface area contributed by atoms with Crippen molar-refractivity contribution in [1.29, 1.82) is 0 Å². The Morgan fingerprint density at radius 3 is 1.32 bits per heavy atom. The van der Waals surface area contributed by atoms with Crippen LogP contribution in [0.15, 0.2) is 48.5 Å². The molecule has 3 aromatic rings. The maximum atomic E-state index is 6.05. The molecule has 0 radical (unpaired) electrons. The first-order valence-corrected chi connectivity index (χ1v) is 13.6. The third kappa shape index (κ3) is 8.82. The van der Waals surface area contributed by atoms with E-state index in [1.807, 2.05) is 37.3 Å². The summed E-state index contributed by atoms with van der Waals surface area (Å²) >= 11 is 0. The predicted octanol–water partition coefficient (Wildman–Crippen LogP) is 7.96. The largest absolute Gasteiger partial charge is 0.496 e. The highest BCUT2D eigenvalue weighted by molar-refractivity contribution is 5.75. The van der Waals surface area contributed by atoms with Gasteiger partial charge in [0, 0.05) is 19.3 Å². The number of methoxy groups -OCH3 is 5. The average molecular weight is 547 g/mol. The van der Waals surface area contributed by atoms with Gasteiger partial charge < -0.3 is 28.4 Å². The van der Waals surface area contributed by atoms with E-state index in [0.29, 0.717) is 23.9 Å². The van der Waals surface area contributed by atoms with Gasteiger partial charge in [0.05, 0.1) is 35.0 Å². The molecule has 0 aliphatic rings. The van der Waals surface area contributed by atoms with Crippen LogP contribution in [0.5, 0.6) is 28.7 Å². The van der Waals surface area contributed by atoms with Crippen molar-refractivity contribution in [3.8, 4) is 28.7 Å². The van der Waals surface area contributed by atoms with Crippen LogP contribution in [0.3, 0.4) is 0 Å². The second-order valence-corrected chi connectivity index (χ2v) is 9.39. The average Bonchev–Trinajstić information content (AvgIpc) is 2.99. The Balaban J connectivity index is 1.65. The second-order valence-electron chi connectivity index (χ2n) is 9.39. The molecule has 214 valence electrons. The number of hydrogen-bond acceptors (Lipinski definition) is 6. The highest BCUT2D eigenvalue weighted by Crippen LogP contribution is 2.39. The Morgan fingerprint density at radius 2 is 0.900 bits per heavy atom. The van der Waals surface area contributed by atoms with E-state index in [1.54, 1.807) is 35.5 Å². The minimum Gasteiger partial charge on any atom is -0.496 e. The lowest BCUT2D eigenvalue weighted by Gasteiger charge is -2.15. The van der Waals surface area contributed by atoms with E-state index in [9.17, 15) is 0 Å². The molecule has 0 bridgehead atoms. The molecule has 0 saturated heterocycles. The highest BCUT2D eigenvalue weighted by Gasteiger charge is 2.13. The van der Waals surface area contributed by atoms with Gasteiger partial charge in [0.1, 0.15) is 11.5 Å². The van der Waals surface area contributed by atoms with Crippen molar-refractivity contribution in [2.24, 2.45) is 0 Å². The van der Waals surface area contributed by atoms with E-state index < -0.39 is 0 Å². The van der Waals surface area contributed by atoms with Gasteiger partial charge in [-0.15, -0.1) is 0 Å². The van der Waals surface area contributed by atoms with Gasteiger partial charge in [-0.3, -0.25) is 0 Å². The Labute approximate surface area is 239 Å². The molecule has 3 rings (SSSR count). The number of benzene rings is 3. The molecule has 0 aliphatic carbocycles. The molecule has 0 fully saturated rings. The molecule has 0 heterocycles. The first-order chi connectivity index (χ1) is 19.5. The molecule has 0 saturated carbocycles. The molecular weight excluding hydrogens is 504 g/mol. The van der Waals surface area contributed by atoms with Gasteiger partial charge in [0.25, 0.3) is 0 Å². The van der Waals surface area contributed by atoms with E-state index in [4.69, 9.17) is 28.4 Å². The second kappa shape index (κ2) is 16.3. The van der Waals surface area contributed by atoms with Crippen LogP contribution >= 0.6 is 0 Å². The van der Waals surface area contributed by atoms with Gasteiger partial charge in [0.15, 0.2) is 11.5 Å². The van der Waals surface area contributed by atoms with Crippen molar-refractivity contribution in [3.63, 3.8) is 0 Å². The van der Waals surface area contributed by atoms with Crippen LogP contribution in [0, 0.1) is 6.92 Å². The Hall–Kier alpha value is -3.90. The van der Waals surface area contributed by atoms with Crippen molar-refractivity contribution in [2.45, 2.75) is 32.6 Å². The van der Waals surface area contributed by atoms with E-state index >= 15 is 0 Å². The first-order valence-electron chi connectivity index (χ1n) is 13.6. The molecule has 0 amide bonds. The van der Waals surface area contributed by atoms with Crippen LogP contribution in [-0.4, -0.2) is 48.8 Å². The minimum atomic E-state index is 0.612. The molecule has 0 N–H and O–H groups in total. The Morgan fingerprint density at radius 1 is 0.500 bits per heavy atom. The summed E-state index contributed by atoms with van der Waals surface area (Å²) in [5.41, 5.74) is 5.15. The zero-order chi connectivity index (χ0) is 28.7. The van der Waals surface area contributed by atoms with Crippen LogP contribution in [-0.2, 0) is 4.74 Å². The van der Waals surface area contributed by atoms with Crippen molar-refractivity contribution in [3.05, 3.63) is 76.3 Å². The quantitative estimate of drug-likeness (QED) is 0.134. The van der Waals surface area contributed by atoms with E-state index in [2.05, 4.69) is 42.5 Å². The fraction of sp³-hybridized carbons (Fsp3) is 0.353. The lowest BCUT2D eigenvalue weighted by molar-refractivity contribution is 0.190. The molecule has 6 heteroatoms. The standard InChI is InChI=1S/C34H42O6/c1-25-30(36-3)21-28(22-31(25)37-4)17-15-26-11-13-27(14-12-26)16-18-29-23-32(38-5)34(33(24-29)39-6)40-20-10-8-7-9-19-35-2/h11-18,21-24H,7-10,19-20H2,1-6H3/b17-15+,18-16+. The van der Waals surface area contributed by atoms with E-state index in [0.717, 1.165) is 71.6 Å². The summed E-state index contributed by atoms with van der Waals surface area (Å²) in [6.45, 7) is 3.40. The van der Waals surface area contributed by atoms with E-state index in [-0.39, 0.29) is 0 Å². The maximum absolute atomic E-state index is 6.05. The number of unbranched alkanes of at least 4 members (excludes halogenated alkanes) is 3. The summed E-state index contributed by atoms with van der Waals surface area (Å²) < 4.78 is 33.4. The third-order valence-corrected chi connectivity index (χ3v) is 6.62. The van der Waals surface area contributed by atoms with Crippen molar-refractivity contribution >= 4 is 24.3 Å². The van der Waals surface area contributed by atoms with Gasteiger partial charge in [-0.25, -0.2) is 0 Å². The third-order valence-electron chi connectivity index (χ3n) is 6.62. The van der Waals surface area contributed by atoms with Crippen molar-refractivity contribution in [1.82, 2.24) is 0 Å². The summed E-state index contributed by atoms with van der Waals surface area (Å²) in [4.78, 5) is 0. The highest BCUT2D eigenvalue weighted by atomic mass is 16.5. The van der Waals surface area contributed by atoms with Crippen LogP contribution in [0.4, 0.5) is 0 Å². The molecule has 0 atom stereocenters. The normalized spacial score (nSPS) is 11.2. The van der Waals surface area contributed by atoms with Crippen LogP contribution < -0.4 is 23.7 Å². The number of ether oxygens (including phenoxy) is 6. The smallest absolute Gasteiger partial charge is 0.203 e. The van der Waals surface area contributed by atoms with Gasteiger partial charge in [-0.1, -0.05) is 55.0 Å². The fourth-order valence-corrected chi connectivity index (χ4v) is 4.32. The summed E-state index contributed by atoms with van der Waals surface area (Å²) in [7, 11) is 8.37. The van der Waals surface area contributed by atoms with Gasteiger partial charge >= 0.3 is 0 Å². The zero-order valence-electron chi connectivity index (χ0n) is 24.6. The topological polar surface area (TPSA) is 55.4 Å². The van der Waals surface area contributed by atoms with Crippen molar-refractivity contribution < 1.29 is 28.4 Å². The van der Waals surface area contributed by atoms with Gasteiger partial charge in [-0.2, -0.15) is 0 Å². The lowest BCUT2D eigenvalue weighted by atomic mass is 10.1. The summed E-state index contributed by atoms with van der Waals surface area (Å²) in [6, 6.07) is 16.3. The zero-order valence-corrected chi connectivity index (χ0v) is 24.6. The predicted molar refractivity (Wildman–Crippen MR) is 164 cm³/mol. The SMILES string of the molecule is COCCCCCCOc1c(OC)cc(/C=C/c2ccc(/C=C/c3cc(OC)c(C)c(OC)c3)cc2)cc1OC.